The van der Waals surface area contributed by atoms with E-state index in [1.165, 1.54) is 32.1 Å². The molecule has 2 unspecified atom stereocenters. The van der Waals surface area contributed by atoms with Crippen molar-refractivity contribution in [3.63, 3.8) is 0 Å². The van der Waals surface area contributed by atoms with Gasteiger partial charge in [0.25, 0.3) is 0 Å². The molecule has 1 aliphatic rings. The molecule has 0 aromatic heterocycles. The van der Waals surface area contributed by atoms with E-state index in [0.29, 0.717) is 6.54 Å². The van der Waals surface area contributed by atoms with E-state index in [-0.39, 0.29) is 6.04 Å². The number of nitrogens with two attached hydrogens (primary N) is 1. The average Bonchev–Trinajstić information content (AvgIpc) is 2.70. The van der Waals surface area contributed by atoms with Crippen LogP contribution in [0.3, 0.4) is 0 Å². The Morgan fingerprint density at radius 1 is 1.38 bits per heavy atom. The van der Waals surface area contributed by atoms with E-state index in [1.54, 1.807) is 0 Å². The maximum absolute atomic E-state index is 6.41. The Morgan fingerprint density at radius 2 is 2.19 bits per heavy atom. The van der Waals surface area contributed by atoms with Crippen molar-refractivity contribution in [2.75, 3.05) is 19.6 Å². The molecule has 4 heteroatoms. The third-order valence-electron chi connectivity index (χ3n) is 4.56. The fourth-order valence-electron chi connectivity index (χ4n) is 3.44. The SMILES string of the molecule is CCCC1CCCN(C(CN)c2cc(Br)ccc2Cl)CC1. The molecule has 0 radical (unpaired) electrons. The lowest BCUT2D eigenvalue weighted by Crippen LogP contribution is -2.34. The monoisotopic (exact) mass is 372 g/mol. The van der Waals surface area contributed by atoms with Gasteiger partial charge in [-0.25, -0.2) is 0 Å². The van der Waals surface area contributed by atoms with Crippen molar-refractivity contribution in [1.29, 1.82) is 0 Å². The predicted molar refractivity (Wildman–Crippen MR) is 94.8 cm³/mol. The normalized spacial score (nSPS) is 22.0. The fourth-order valence-corrected chi connectivity index (χ4v) is 4.06. The summed E-state index contributed by atoms with van der Waals surface area (Å²) in [6.07, 6.45) is 6.57. The first-order valence-corrected chi connectivity index (χ1v) is 9.21. The van der Waals surface area contributed by atoms with Crippen LogP contribution in [0, 0.1) is 5.92 Å². The number of likely N-dealkylation sites (tertiary alicyclic amines) is 1. The Balaban J connectivity index is 2.12. The van der Waals surface area contributed by atoms with E-state index in [2.05, 4.69) is 33.8 Å². The van der Waals surface area contributed by atoms with E-state index in [9.17, 15) is 0 Å². The summed E-state index contributed by atoms with van der Waals surface area (Å²) in [5.41, 5.74) is 7.24. The molecule has 1 aromatic carbocycles. The van der Waals surface area contributed by atoms with Crippen molar-refractivity contribution in [2.24, 2.45) is 11.7 Å². The second-order valence-corrected chi connectivity index (χ2v) is 7.36. The summed E-state index contributed by atoms with van der Waals surface area (Å²) in [6, 6.07) is 6.30. The molecule has 0 spiro atoms. The molecule has 0 amide bonds. The van der Waals surface area contributed by atoms with Crippen molar-refractivity contribution < 1.29 is 0 Å². The maximum atomic E-state index is 6.41. The van der Waals surface area contributed by atoms with Crippen molar-refractivity contribution in [3.8, 4) is 0 Å². The van der Waals surface area contributed by atoms with Crippen LogP contribution in [0.1, 0.15) is 50.6 Å². The molecule has 1 aromatic rings. The molecule has 1 saturated heterocycles. The topological polar surface area (TPSA) is 29.3 Å². The zero-order chi connectivity index (χ0) is 15.2. The highest BCUT2D eigenvalue weighted by molar-refractivity contribution is 9.10. The Morgan fingerprint density at radius 3 is 2.90 bits per heavy atom. The van der Waals surface area contributed by atoms with E-state index in [0.717, 1.165) is 34.1 Å². The van der Waals surface area contributed by atoms with Gasteiger partial charge in [0.15, 0.2) is 0 Å². The van der Waals surface area contributed by atoms with Gasteiger partial charge >= 0.3 is 0 Å². The van der Waals surface area contributed by atoms with Crippen LogP contribution in [-0.4, -0.2) is 24.5 Å². The maximum Gasteiger partial charge on any atom is 0.0485 e. The number of rotatable bonds is 5. The second kappa shape index (κ2) is 8.52. The number of hydrogen-bond donors (Lipinski definition) is 1. The number of nitrogens with zero attached hydrogens (tertiary/aromatic N) is 1. The molecular weight excluding hydrogens is 348 g/mol. The zero-order valence-corrected chi connectivity index (χ0v) is 15.2. The van der Waals surface area contributed by atoms with Crippen LogP contribution in [0.2, 0.25) is 5.02 Å². The van der Waals surface area contributed by atoms with Crippen LogP contribution in [-0.2, 0) is 0 Å². The predicted octanol–water partition coefficient (Wildman–Crippen LogP) is 5.00. The fraction of sp³-hybridized carbons (Fsp3) is 0.647. The minimum Gasteiger partial charge on any atom is -0.329 e. The average molecular weight is 374 g/mol. The Labute approximate surface area is 142 Å². The number of benzene rings is 1. The van der Waals surface area contributed by atoms with Gasteiger partial charge < -0.3 is 5.73 Å². The molecule has 21 heavy (non-hydrogen) atoms. The quantitative estimate of drug-likeness (QED) is 0.786. The van der Waals surface area contributed by atoms with E-state index in [4.69, 9.17) is 17.3 Å². The van der Waals surface area contributed by atoms with E-state index >= 15 is 0 Å². The largest absolute Gasteiger partial charge is 0.329 e. The van der Waals surface area contributed by atoms with Crippen LogP contribution < -0.4 is 5.73 Å². The summed E-state index contributed by atoms with van der Waals surface area (Å²) in [5.74, 6) is 0.886. The van der Waals surface area contributed by atoms with Crippen LogP contribution in [0.25, 0.3) is 0 Å². The van der Waals surface area contributed by atoms with Gasteiger partial charge in [-0.05, 0) is 62.0 Å². The first-order chi connectivity index (χ1) is 10.2. The Bertz CT molecular complexity index is 452. The summed E-state index contributed by atoms with van der Waals surface area (Å²) in [6.45, 7) is 5.17. The van der Waals surface area contributed by atoms with Gasteiger partial charge in [-0.3, -0.25) is 4.90 Å². The lowest BCUT2D eigenvalue weighted by atomic mass is 9.96. The molecule has 2 nitrogen and oxygen atoms in total. The highest BCUT2D eigenvalue weighted by Crippen LogP contribution is 2.32. The van der Waals surface area contributed by atoms with Gasteiger partial charge in [-0.2, -0.15) is 0 Å². The van der Waals surface area contributed by atoms with Crippen LogP contribution >= 0.6 is 27.5 Å². The Hall–Kier alpha value is -0.0900. The number of hydrogen-bond acceptors (Lipinski definition) is 2. The zero-order valence-electron chi connectivity index (χ0n) is 12.8. The molecule has 1 heterocycles. The molecule has 0 aliphatic carbocycles. The summed E-state index contributed by atoms with van der Waals surface area (Å²) >= 11 is 9.95. The van der Waals surface area contributed by atoms with Gasteiger partial charge in [0.05, 0.1) is 0 Å². The van der Waals surface area contributed by atoms with Gasteiger partial charge in [-0.1, -0.05) is 47.3 Å². The van der Waals surface area contributed by atoms with Crippen molar-refractivity contribution >= 4 is 27.5 Å². The molecule has 1 aliphatic heterocycles. The molecular formula is C17H26BrClN2. The number of halogens is 2. The second-order valence-electron chi connectivity index (χ2n) is 6.04. The molecule has 2 N–H and O–H groups in total. The Kier molecular flexibility index (Phi) is 7.00. The van der Waals surface area contributed by atoms with Crippen LogP contribution in [0.4, 0.5) is 0 Å². The standard InChI is InChI=1S/C17H26BrClN2/c1-2-4-13-5-3-9-21(10-8-13)17(12-20)15-11-14(18)6-7-16(15)19/h6-7,11,13,17H,2-5,8-10,12,20H2,1H3. The summed E-state index contributed by atoms with van der Waals surface area (Å²) < 4.78 is 1.07. The van der Waals surface area contributed by atoms with Crippen LogP contribution in [0.15, 0.2) is 22.7 Å². The van der Waals surface area contributed by atoms with Gasteiger partial charge in [0, 0.05) is 22.1 Å². The van der Waals surface area contributed by atoms with E-state index < -0.39 is 0 Å². The van der Waals surface area contributed by atoms with Crippen LogP contribution in [0.5, 0.6) is 0 Å². The first-order valence-electron chi connectivity index (χ1n) is 8.04. The molecule has 0 saturated carbocycles. The molecule has 0 bridgehead atoms. The molecule has 2 rings (SSSR count). The first kappa shape index (κ1) is 17.3. The third-order valence-corrected chi connectivity index (χ3v) is 5.40. The smallest absolute Gasteiger partial charge is 0.0485 e. The lowest BCUT2D eigenvalue weighted by Gasteiger charge is -2.31. The highest BCUT2D eigenvalue weighted by Gasteiger charge is 2.24. The van der Waals surface area contributed by atoms with Crippen molar-refractivity contribution in [3.05, 3.63) is 33.3 Å². The van der Waals surface area contributed by atoms with Crippen molar-refractivity contribution in [1.82, 2.24) is 4.90 Å². The summed E-state index contributed by atoms with van der Waals surface area (Å²) in [4.78, 5) is 2.53. The third kappa shape index (κ3) is 4.69. The van der Waals surface area contributed by atoms with Crippen molar-refractivity contribution in [2.45, 2.75) is 45.1 Å². The molecule has 118 valence electrons. The van der Waals surface area contributed by atoms with Gasteiger partial charge in [0.2, 0.25) is 0 Å². The van der Waals surface area contributed by atoms with Gasteiger partial charge in [0.1, 0.15) is 0 Å². The lowest BCUT2D eigenvalue weighted by molar-refractivity contribution is 0.206. The summed E-state index contributed by atoms with van der Waals surface area (Å²) in [5, 5.41) is 0.822. The van der Waals surface area contributed by atoms with Gasteiger partial charge in [-0.15, -0.1) is 0 Å². The highest BCUT2D eigenvalue weighted by atomic mass is 79.9. The molecule has 1 fully saturated rings. The minimum absolute atomic E-state index is 0.232. The molecule has 2 atom stereocenters. The van der Waals surface area contributed by atoms with E-state index in [1.807, 2.05) is 12.1 Å². The minimum atomic E-state index is 0.232. The summed E-state index contributed by atoms with van der Waals surface area (Å²) in [7, 11) is 0.